The first-order valence-corrected chi connectivity index (χ1v) is 7.20. The maximum Gasteiger partial charge on any atom is 0.302 e. The second kappa shape index (κ2) is 5.87. The largest absolute Gasteiger partial charge is 0.462 e. The van der Waals surface area contributed by atoms with Crippen molar-refractivity contribution < 1.29 is 18.3 Å². The van der Waals surface area contributed by atoms with Gasteiger partial charge in [0.05, 0.1) is 0 Å². The van der Waals surface area contributed by atoms with E-state index in [0.29, 0.717) is 31.3 Å². The Morgan fingerprint density at radius 1 is 1.32 bits per heavy atom. The van der Waals surface area contributed by atoms with Crippen LogP contribution < -0.4 is 4.90 Å². The van der Waals surface area contributed by atoms with Crippen molar-refractivity contribution in [3.63, 3.8) is 0 Å². The summed E-state index contributed by atoms with van der Waals surface area (Å²) in [5.74, 6) is -1.56. The fourth-order valence-electron chi connectivity index (χ4n) is 2.89. The topological polar surface area (TPSA) is 42.4 Å². The molecule has 1 saturated heterocycles. The molecule has 4 nitrogen and oxygen atoms in total. The Hall–Kier alpha value is -2.24. The van der Waals surface area contributed by atoms with Crippen LogP contribution in [-0.2, 0) is 9.53 Å². The van der Waals surface area contributed by atoms with E-state index in [2.05, 4.69) is 4.98 Å². The number of rotatable bonds is 2. The minimum Gasteiger partial charge on any atom is -0.462 e. The predicted molar refractivity (Wildman–Crippen MR) is 78.7 cm³/mol. The highest BCUT2D eigenvalue weighted by molar-refractivity contribution is 5.92. The number of benzene rings is 1. The smallest absolute Gasteiger partial charge is 0.302 e. The number of carbonyl (C=O) groups excluding carboxylic acids is 1. The van der Waals surface area contributed by atoms with Crippen molar-refractivity contribution in [2.24, 2.45) is 0 Å². The van der Waals surface area contributed by atoms with Gasteiger partial charge in [-0.3, -0.25) is 9.78 Å². The summed E-state index contributed by atoms with van der Waals surface area (Å²) in [4.78, 5) is 17.0. The zero-order chi connectivity index (χ0) is 15.7. The monoisotopic (exact) mass is 306 g/mol. The van der Waals surface area contributed by atoms with Gasteiger partial charge in [-0.15, -0.1) is 0 Å². The van der Waals surface area contributed by atoms with Gasteiger partial charge in [0.25, 0.3) is 0 Å². The van der Waals surface area contributed by atoms with Crippen molar-refractivity contribution in [1.29, 1.82) is 0 Å². The molecule has 0 atom stereocenters. The number of esters is 1. The zero-order valence-electron chi connectivity index (χ0n) is 12.2. The van der Waals surface area contributed by atoms with Gasteiger partial charge in [0, 0.05) is 56.2 Å². The first-order chi connectivity index (χ1) is 10.5. The highest BCUT2D eigenvalue weighted by Crippen LogP contribution is 2.30. The molecule has 3 rings (SSSR count). The molecule has 2 heterocycles. The molecule has 0 spiro atoms. The van der Waals surface area contributed by atoms with Gasteiger partial charge in [0.2, 0.25) is 0 Å². The van der Waals surface area contributed by atoms with Crippen LogP contribution in [0.4, 0.5) is 14.5 Å². The summed E-state index contributed by atoms with van der Waals surface area (Å²) < 4.78 is 32.5. The van der Waals surface area contributed by atoms with E-state index in [9.17, 15) is 13.6 Å². The molecule has 0 bridgehead atoms. The third-order valence-electron chi connectivity index (χ3n) is 3.86. The molecular weight excluding hydrogens is 290 g/mol. The van der Waals surface area contributed by atoms with Crippen molar-refractivity contribution in [2.45, 2.75) is 25.9 Å². The lowest BCUT2D eigenvalue weighted by molar-refractivity contribution is -0.147. The first-order valence-electron chi connectivity index (χ1n) is 7.20. The quantitative estimate of drug-likeness (QED) is 0.800. The molecule has 116 valence electrons. The highest BCUT2D eigenvalue weighted by Gasteiger charge is 2.23. The molecule has 1 aliphatic heterocycles. The molecule has 0 amide bonds. The summed E-state index contributed by atoms with van der Waals surface area (Å²) in [5, 5.41) is 0.464. The van der Waals surface area contributed by atoms with Gasteiger partial charge < -0.3 is 9.64 Å². The molecule has 1 aromatic heterocycles. The first kappa shape index (κ1) is 14.7. The molecule has 22 heavy (non-hydrogen) atoms. The summed E-state index contributed by atoms with van der Waals surface area (Å²) in [6.45, 7) is 2.72. The van der Waals surface area contributed by atoms with E-state index in [1.165, 1.54) is 19.2 Å². The maximum atomic E-state index is 13.8. The number of hydrogen-bond acceptors (Lipinski definition) is 4. The molecule has 0 radical (unpaired) electrons. The Balaban J connectivity index is 1.87. The van der Waals surface area contributed by atoms with Gasteiger partial charge in [0.15, 0.2) is 5.82 Å². The number of ether oxygens (including phenoxy) is 1. The number of nitrogens with zero attached hydrogens (tertiary/aromatic N) is 2. The van der Waals surface area contributed by atoms with E-state index in [4.69, 9.17) is 4.74 Å². The number of anilines is 1. The Labute approximate surface area is 126 Å². The van der Waals surface area contributed by atoms with Gasteiger partial charge in [-0.25, -0.2) is 8.78 Å². The van der Waals surface area contributed by atoms with Gasteiger partial charge in [-0.1, -0.05) is 0 Å². The molecule has 0 saturated carbocycles. The summed E-state index contributed by atoms with van der Waals surface area (Å²) in [7, 11) is 0. The highest BCUT2D eigenvalue weighted by atomic mass is 19.1. The lowest BCUT2D eigenvalue weighted by atomic mass is 10.1. The molecule has 0 aliphatic carbocycles. The summed E-state index contributed by atoms with van der Waals surface area (Å²) in [6.07, 6.45) is 2.83. The molecule has 1 aliphatic rings. The van der Waals surface area contributed by atoms with Gasteiger partial charge in [-0.2, -0.15) is 0 Å². The minimum absolute atomic E-state index is 0.0877. The number of fused-ring (bicyclic) bond motifs is 1. The fraction of sp³-hybridized carbons (Fsp3) is 0.375. The van der Waals surface area contributed by atoms with Crippen molar-refractivity contribution >= 4 is 22.6 Å². The molecule has 0 unspecified atom stereocenters. The summed E-state index contributed by atoms with van der Waals surface area (Å²) in [5.41, 5.74) is 0.922. The van der Waals surface area contributed by atoms with Crippen molar-refractivity contribution in [3.05, 3.63) is 36.0 Å². The summed E-state index contributed by atoms with van der Waals surface area (Å²) >= 11 is 0. The van der Waals surface area contributed by atoms with Crippen LogP contribution in [0.3, 0.4) is 0 Å². The Morgan fingerprint density at radius 2 is 2.05 bits per heavy atom. The van der Waals surface area contributed by atoms with Crippen LogP contribution in [-0.4, -0.2) is 30.1 Å². The Kier molecular flexibility index (Phi) is 3.92. The zero-order valence-corrected chi connectivity index (χ0v) is 12.2. The van der Waals surface area contributed by atoms with E-state index in [1.807, 2.05) is 4.90 Å². The SMILES string of the molecule is CC(=O)OC1CCN(c2ccnc3c(F)cc(F)cc23)CC1. The second-order valence-corrected chi connectivity index (χ2v) is 5.41. The standard InChI is InChI=1S/C16H16F2N2O2/c1-10(21)22-12-3-6-20(7-4-12)15-2-5-19-16-13(15)8-11(17)9-14(16)18/h2,5,8-9,12H,3-4,6-7H2,1H3. The van der Waals surface area contributed by atoms with E-state index in [1.54, 1.807) is 6.07 Å². The van der Waals surface area contributed by atoms with Crippen LogP contribution in [0.25, 0.3) is 10.9 Å². The molecule has 1 fully saturated rings. The average molecular weight is 306 g/mol. The normalized spacial score (nSPS) is 16.0. The Bertz CT molecular complexity index is 713. The number of pyridine rings is 1. The van der Waals surface area contributed by atoms with E-state index in [0.717, 1.165) is 11.8 Å². The Morgan fingerprint density at radius 3 is 2.73 bits per heavy atom. The number of carbonyl (C=O) groups is 1. The van der Waals surface area contributed by atoms with Crippen LogP contribution in [0.2, 0.25) is 0 Å². The lowest BCUT2D eigenvalue weighted by Crippen LogP contribution is -2.37. The van der Waals surface area contributed by atoms with Gasteiger partial charge in [-0.05, 0) is 12.1 Å². The van der Waals surface area contributed by atoms with Crippen LogP contribution in [0, 0.1) is 11.6 Å². The number of aromatic nitrogens is 1. The van der Waals surface area contributed by atoms with Gasteiger partial charge >= 0.3 is 5.97 Å². The molecule has 6 heteroatoms. The molecule has 2 aromatic rings. The van der Waals surface area contributed by atoms with Crippen molar-refractivity contribution in [2.75, 3.05) is 18.0 Å². The molecule has 1 aromatic carbocycles. The second-order valence-electron chi connectivity index (χ2n) is 5.41. The lowest BCUT2D eigenvalue weighted by Gasteiger charge is -2.33. The molecular formula is C16H16F2N2O2. The summed E-state index contributed by atoms with van der Waals surface area (Å²) in [6, 6.07) is 3.90. The maximum absolute atomic E-state index is 13.8. The van der Waals surface area contributed by atoms with E-state index >= 15 is 0 Å². The van der Waals surface area contributed by atoms with E-state index < -0.39 is 11.6 Å². The van der Waals surface area contributed by atoms with Crippen LogP contribution in [0.15, 0.2) is 24.4 Å². The van der Waals surface area contributed by atoms with Crippen molar-refractivity contribution in [3.8, 4) is 0 Å². The van der Waals surface area contributed by atoms with Crippen LogP contribution >= 0.6 is 0 Å². The number of piperidine rings is 1. The fourth-order valence-corrected chi connectivity index (χ4v) is 2.89. The van der Waals surface area contributed by atoms with Gasteiger partial charge in [0.1, 0.15) is 17.4 Å². The predicted octanol–water partition coefficient (Wildman–Crippen LogP) is 3.04. The van der Waals surface area contributed by atoms with E-state index in [-0.39, 0.29) is 17.6 Å². The van der Waals surface area contributed by atoms with Crippen LogP contribution in [0.1, 0.15) is 19.8 Å². The third kappa shape index (κ3) is 2.86. The minimum atomic E-state index is -0.661. The van der Waals surface area contributed by atoms with Crippen LogP contribution in [0.5, 0.6) is 0 Å². The number of hydrogen-bond donors (Lipinski definition) is 0. The molecule has 0 N–H and O–H groups in total. The third-order valence-corrected chi connectivity index (χ3v) is 3.86. The number of halogens is 2. The van der Waals surface area contributed by atoms with Crippen molar-refractivity contribution in [1.82, 2.24) is 4.98 Å². The average Bonchev–Trinajstić information content (AvgIpc) is 2.47.